The molecular formula is C37H46N6O4S. The Bertz CT molecular complexity index is 1850. The zero-order valence-electron chi connectivity index (χ0n) is 28.7. The van der Waals surface area contributed by atoms with Gasteiger partial charge < -0.3 is 14.4 Å². The largest absolute Gasteiger partial charge is 0.477 e. The average Bonchev–Trinajstić information content (AvgIpc) is 3.06. The first-order valence-corrected chi connectivity index (χ1v) is 18.2. The number of hydrogen-bond acceptors (Lipinski definition) is 9. The zero-order chi connectivity index (χ0) is 34.1. The molecular weight excluding hydrogens is 625 g/mol. The van der Waals surface area contributed by atoms with Crippen molar-refractivity contribution in [1.82, 2.24) is 19.9 Å². The summed E-state index contributed by atoms with van der Waals surface area (Å²) in [6, 6.07) is 15.2. The normalized spacial score (nSPS) is 19.5. The molecule has 2 aromatic heterocycles. The van der Waals surface area contributed by atoms with Gasteiger partial charge in [-0.15, -0.1) is 0 Å². The second-order valence-electron chi connectivity index (χ2n) is 14.3. The van der Waals surface area contributed by atoms with Crippen molar-refractivity contribution < 1.29 is 17.9 Å². The number of ether oxygens (including phenoxy) is 2. The Morgan fingerprint density at radius 3 is 2.44 bits per heavy atom. The maximum absolute atomic E-state index is 13.9. The van der Waals surface area contributed by atoms with Crippen molar-refractivity contribution in [2.45, 2.75) is 71.1 Å². The van der Waals surface area contributed by atoms with Gasteiger partial charge in [-0.25, -0.2) is 28.1 Å². The molecule has 2 atom stereocenters. The molecule has 2 aliphatic heterocycles. The molecule has 254 valence electrons. The first-order chi connectivity index (χ1) is 22.9. The SMILES string of the molecule is Cc1c2nc(nc1-c1ccccc1C(C)C)NS(=O)(=O)c1cccc(c1)C(Cc1ncc(N3CCOCC3)cn1)[C@H](CC(C)(C)C)CO2. The van der Waals surface area contributed by atoms with Gasteiger partial charge in [0.05, 0.1) is 48.5 Å². The summed E-state index contributed by atoms with van der Waals surface area (Å²) in [5.74, 6) is 1.13. The van der Waals surface area contributed by atoms with E-state index in [9.17, 15) is 8.42 Å². The first-order valence-electron chi connectivity index (χ1n) is 16.7. The molecule has 0 saturated carbocycles. The highest BCUT2D eigenvalue weighted by molar-refractivity contribution is 7.92. The van der Waals surface area contributed by atoms with Crippen LogP contribution in [0.25, 0.3) is 11.3 Å². The summed E-state index contributed by atoms with van der Waals surface area (Å²) >= 11 is 0. The number of morpholine rings is 1. The van der Waals surface area contributed by atoms with Gasteiger partial charge in [-0.3, -0.25) is 0 Å². The van der Waals surface area contributed by atoms with Crippen LogP contribution < -0.4 is 14.4 Å². The summed E-state index contributed by atoms with van der Waals surface area (Å²) in [6.45, 7) is 16.2. The fourth-order valence-electron chi connectivity index (χ4n) is 6.73. The smallest absolute Gasteiger partial charge is 0.264 e. The zero-order valence-corrected chi connectivity index (χ0v) is 29.5. The minimum absolute atomic E-state index is 0.0120. The summed E-state index contributed by atoms with van der Waals surface area (Å²) in [5.41, 5.74) is 5.26. The topological polar surface area (TPSA) is 119 Å². The molecule has 1 unspecified atom stereocenters. The quantitative estimate of drug-likeness (QED) is 0.237. The highest BCUT2D eigenvalue weighted by atomic mass is 32.2. The van der Waals surface area contributed by atoms with Crippen molar-refractivity contribution in [3.63, 3.8) is 0 Å². The molecule has 0 radical (unpaired) electrons. The van der Waals surface area contributed by atoms with E-state index in [0.29, 0.717) is 43.6 Å². The van der Waals surface area contributed by atoms with E-state index in [4.69, 9.17) is 24.4 Å². The number of sulfonamides is 1. The lowest BCUT2D eigenvalue weighted by Gasteiger charge is -2.33. The Hall–Kier alpha value is -4.09. The second-order valence-corrected chi connectivity index (χ2v) is 16.0. The Balaban J connectivity index is 1.44. The highest BCUT2D eigenvalue weighted by Crippen LogP contribution is 2.40. The van der Waals surface area contributed by atoms with Crippen LogP contribution in [-0.2, 0) is 21.2 Å². The molecule has 4 heterocycles. The molecule has 1 fully saturated rings. The van der Waals surface area contributed by atoms with Crippen LogP contribution >= 0.6 is 0 Å². The fraction of sp³-hybridized carbons (Fsp3) is 0.459. The third kappa shape index (κ3) is 7.63. The molecule has 2 aliphatic rings. The predicted molar refractivity (Wildman–Crippen MR) is 188 cm³/mol. The molecule has 6 rings (SSSR count). The number of rotatable bonds is 6. The Morgan fingerprint density at radius 1 is 1.00 bits per heavy atom. The molecule has 2 aromatic carbocycles. The van der Waals surface area contributed by atoms with Crippen LogP contribution in [0.4, 0.5) is 11.6 Å². The van der Waals surface area contributed by atoms with E-state index >= 15 is 0 Å². The summed E-state index contributed by atoms with van der Waals surface area (Å²) in [5, 5.41) is 0. The molecule has 0 spiro atoms. The molecule has 0 aliphatic carbocycles. The fourth-order valence-corrected chi connectivity index (χ4v) is 7.73. The van der Waals surface area contributed by atoms with Gasteiger partial charge in [-0.2, -0.15) is 4.98 Å². The number of nitrogens with one attached hydrogen (secondary N) is 1. The lowest BCUT2D eigenvalue weighted by atomic mass is 9.75. The Morgan fingerprint density at radius 2 is 1.73 bits per heavy atom. The highest BCUT2D eigenvalue weighted by Gasteiger charge is 2.32. The van der Waals surface area contributed by atoms with E-state index in [1.807, 2.05) is 43.6 Å². The molecule has 1 saturated heterocycles. The lowest BCUT2D eigenvalue weighted by Crippen LogP contribution is -2.36. The van der Waals surface area contributed by atoms with Gasteiger partial charge >= 0.3 is 0 Å². The third-order valence-corrected chi connectivity index (χ3v) is 10.4. The van der Waals surface area contributed by atoms with Crippen LogP contribution in [0, 0.1) is 18.3 Å². The number of benzene rings is 2. The van der Waals surface area contributed by atoms with E-state index in [1.165, 1.54) is 0 Å². The van der Waals surface area contributed by atoms with Crippen LogP contribution in [0.15, 0.2) is 65.8 Å². The first kappa shape index (κ1) is 33.8. The second kappa shape index (κ2) is 13.8. The summed E-state index contributed by atoms with van der Waals surface area (Å²) in [4.78, 5) is 21.4. The number of nitrogens with zero attached hydrogens (tertiary/aromatic N) is 5. The van der Waals surface area contributed by atoms with Gasteiger partial charge in [0.15, 0.2) is 0 Å². The molecule has 4 bridgehead atoms. The van der Waals surface area contributed by atoms with E-state index < -0.39 is 10.0 Å². The monoisotopic (exact) mass is 670 g/mol. The minimum atomic E-state index is -4.03. The van der Waals surface area contributed by atoms with Crippen LogP contribution in [0.5, 0.6) is 5.88 Å². The van der Waals surface area contributed by atoms with Crippen molar-refractivity contribution in [2.24, 2.45) is 11.3 Å². The van der Waals surface area contributed by atoms with Crippen LogP contribution in [0.1, 0.15) is 75.4 Å². The van der Waals surface area contributed by atoms with Gasteiger partial charge in [-0.05, 0) is 53.9 Å². The molecule has 1 N–H and O–H groups in total. The van der Waals surface area contributed by atoms with E-state index in [2.05, 4.69) is 55.3 Å². The van der Waals surface area contributed by atoms with E-state index in [1.54, 1.807) is 18.2 Å². The average molecular weight is 671 g/mol. The summed E-state index contributed by atoms with van der Waals surface area (Å²) in [6.07, 6.45) is 5.10. The minimum Gasteiger partial charge on any atom is -0.477 e. The van der Waals surface area contributed by atoms with Crippen molar-refractivity contribution >= 4 is 21.7 Å². The molecule has 11 heteroatoms. The van der Waals surface area contributed by atoms with Crippen LogP contribution in [-0.4, -0.2) is 61.3 Å². The molecule has 48 heavy (non-hydrogen) atoms. The molecule has 10 nitrogen and oxygen atoms in total. The van der Waals surface area contributed by atoms with Crippen molar-refractivity contribution in [3.05, 3.63) is 83.4 Å². The predicted octanol–water partition coefficient (Wildman–Crippen LogP) is 6.77. The van der Waals surface area contributed by atoms with Gasteiger partial charge in [0.1, 0.15) is 5.82 Å². The van der Waals surface area contributed by atoms with Crippen LogP contribution in [0.3, 0.4) is 0 Å². The van der Waals surface area contributed by atoms with Crippen molar-refractivity contribution in [2.75, 3.05) is 42.5 Å². The van der Waals surface area contributed by atoms with Gasteiger partial charge in [0, 0.05) is 36.6 Å². The summed E-state index contributed by atoms with van der Waals surface area (Å²) in [7, 11) is -4.03. The van der Waals surface area contributed by atoms with Gasteiger partial charge in [-0.1, -0.05) is 71.0 Å². The van der Waals surface area contributed by atoms with E-state index in [-0.39, 0.29) is 34.0 Å². The van der Waals surface area contributed by atoms with E-state index in [0.717, 1.165) is 47.5 Å². The number of fused-ring (bicyclic) bond motifs is 4. The van der Waals surface area contributed by atoms with Gasteiger partial charge in [0.2, 0.25) is 11.8 Å². The summed E-state index contributed by atoms with van der Waals surface area (Å²) < 4.78 is 42.6. The third-order valence-electron chi connectivity index (χ3n) is 9.11. The lowest BCUT2D eigenvalue weighted by molar-refractivity contribution is 0.122. The van der Waals surface area contributed by atoms with Gasteiger partial charge in [0.25, 0.3) is 10.0 Å². The Labute approximate surface area is 284 Å². The standard InChI is InChI=1S/C37H46N6O4S/c1-24(2)30-12-7-8-13-31(30)34-25(3)35-41-36(40-34)42-48(44,45)29-11-9-10-26(18-29)32(27(23-47-35)20-37(4,5)6)19-33-38-21-28(22-39-33)43-14-16-46-17-15-43/h7-13,18,21-22,24,27,32H,14-17,19-20,23H2,1-6H3,(H,40,41,42)/t27-,32?/m1/s1. The Kier molecular flexibility index (Phi) is 9.71. The van der Waals surface area contributed by atoms with Crippen LogP contribution in [0.2, 0.25) is 0 Å². The molecule has 0 amide bonds. The molecule has 4 aromatic rings. The maximum atomic E-state index is 13.9. The number of aromatic nitrogens is 4. The maximum Gasteiger partial charge on any atom is 0.264 e. The number of hydrogen-bond donors (Lipinski definition) is 1. The number of anilines is 2. The van der Waals surface area contributed by atoms with Crippen molar-refractivity contribution in [1.29, 1.82) is 0 Å². The van der Waals surface area contributed by atoms with Crippen molar-refractivity contribution in [3.8, 4) is 17.1 Å².